The highest BCUT2D eigenvalue weighted by atomic mass is 19.1. The van der Waals surface area contributed by atoms with Crippen LogP contribution in [0.2, 0.25) is 0 Å². The molecule has 0 bridgehead atoms. The maximum atomic E-state index is 13.4. The second kappa shape index (κ2) is 6.68. The van der Waals surface area contributed by atoms with Gasteiger partial charge in [-0.2, -0.15) is 4.39 Å². The van der Waals surface area contributed by atoms with Gasteiger partial charge in [-0.15, -0.1) is 0 Å². The van der Waals surface area contributed by atoms with Crippen LogP contribution < -0.4 is 10.2 Å². The van der Waals surface area contributed by atoms with Gasteiger partial charge in [-0.1, -0.05) is 12.1 Å². The monoisotopic (exact) mass is 343 g/mol. The minimum Gasteiger partial charge on any atom is -0.322 e. The highest BCUT2D eigenvalue weighted by Crippen LogP contribution is 2.27. The van der Waals surface area contributed by atoms with E-state index >= 15 is 0 Å². The van der Waals surface area contributed by atoms with E-state index in [1.165, 1.54) is 6.07 Å². The van der Waals surface area contributed by atoms with E-state index in [2.05, 4.69) is 5.32 Å². The van der Waals surface area contributed by atoms with Gasteiger partial charge in [-0.3, -0.25) is 19.7 Å². The van der Waals surface area contributed by atoms with E-state index in [4.69, 9.17) is 0 Å². The Bertz CT molecular complexity index is 869. The Labute approximate surface area is 142 Å². The van der Waals surface area contributed by atoms with Crippen molar-refractivity contribution in [3.05, 3.63) is 64.0 Å². The van der Waals surface area contributed by atoms with E-state index in [1.54, 1.807) is 29.2 Å². The largest absolute Gasteiger partial charge is 0.322 e. The Morgan fingerprint density at radius 1 is 1.24 bits per heavy atom. The first-order valence-electron chi connectivity index (χ1n) is 7.62. The maximum Gasteiger partial charge on any atom is 0.306 e. The molecule has 0 atom stereocenters. The lowest BCUT2D eigenvalue weighted by atomic mass is 10.1. The van der Waals surface area contributed by atoms with Crippen LogP contribution in [0.3, 0.4) is 0 Å². The molecule has 8 heteroatoms. The van der Waals surface area contributed by atoms with E-state index in [1.807, 2.05) is 0 Å². The molecule has 1 aliphatic heterocycles. The molecule has 3 rings (SSSR count). The zero-order valence-corrected chi connectivity index (χ0v) is 13.1. The van der Waals surface area contributed by atoms with Gasteiger partial charge in [0.2, 0.25) is 11.7 Å². The number of benzene rings is 2. The third-order valence-corrected chi connectivity index (χ3v) is 3.91. The van der Waals surface area contributed by atoms with Crippen LogP contribution in [0.1, 0.15) is 23.2 Å². The number of nitro groups is 1. The SMILES string of the molecule is O=C(Nc1ccc(F)c([N+](=O)[O-])c1)c1ccccc1N1CCCC1=O. The standard InChI is InChI=1S/C17H14FN3O4/c18-13-8-7-11(10-15(13)21(24)25)19-17(23)12-4-1-2-5-14(12)20-9-3-6-16(20)22/h1-2,4-5,7-8,10H,3,6,9H2,(H,19,23). The summed E-state index contributed by atoms with van der Waals surface area (Å²) in [7, 11) is 0. The number of nitro benzene ring substituents is 1. The fourth-order valence-electron chi connectivity index (χ4n) is 2.73. The predicted octanol–water partition coefficient (Wildman–Crippen LogP) is 3.11. The molecule has 2 amide bonds. The number of carbonyl (C=O) groups is 2. The van der Waals surface area contributed by atoms with Crippen molar-refractivity contribution in [2.45, 2.75) is 12.8 Å². The van der Waals surface area contributed by atoms with Crippen molar-refractivity contribution in [2.75, 3.05) is 16.8 Å². The van der Waals surface area contributed by atoms with Crippen molar-refractivity contribution in [2.24, 2.45) is 0 Å². The first kappa shape index (κ1) is 16.6. The fraction of sp³-hybridized carbons (Fsp3) is 0.176. The smallest absolute Gasteiger partial charge is 0.306 e. The zero-order chi connectivity index (χ0) is 18.0. The van der Waals surface area contributed by atoms with E-state index in [9.17, 15) is 24.1 Å². The lowest BCUT2D eigenvalue weighted by Crippen LogP contribution is -2.27. The number of nitrogens with one attached hydrogen (secondary N) is 1. The van der Waals surface area contributed by atoms with Gasteiger partial charge in [0.15, 0.2) is 0 Å². The molecule has 128 valence electrons. The summed E-state index contributed by atoms with van der Waals surface area (Å²) in [5.41, 5.74) is 0.130. The van der Waals surface area contributed by atoms with Crippen LogP contribution in [0.25, 0.3) is 0 Å². The lowest BCUT2D eigenvalue weighted by molar-refractivity contribution is -0.387. The van der Waals surface area contributed by atoms with Crippen LogP contribution in [0.4, 0.5) is 21.5 Å². The van der Waals surface area contributed by atoms with Gasteiger partial charge in [0.05, 0.1) is 16.2 Å². The Balaban J connectivity index is 1.89. The van der Waals surface area contributed by atoms with Crippen LogP contribution in [0, 0.1) is 15.9 Å². The molecule has 0 aliphatic carbocycles. The average Bonchev–Trinajstić information content (AvgIpc) is 3.02. The molecule has 0 unspecified atom stereocenters. The maximum absolute atomic E-state index is 13.4. The molecule has 2 aromatic carbocycles. The number of nitrogens with zero attached hydrogens (tertiary/aromatic N) is 2. The summed E-state index contributed by atoms with van der Waals surface area (Å²) in [6, 6.07) is 9.73. The van der Waals surface area contributed by atoms with Crippen molar-refractivity contribution in [1.29, 1.82) is 0 Å². The van der Waals surface area contributed by atoms with Crippen LogP contribution >= 0.6 is 0 Å². The number of halogens is 1. The van der Waals surface area contributed by atoms with Crippen LogP contribution in [0.15, 0.2) is 42.5 Å². The van der Waals surface area contributed by atoms with E-state index in [0.29, 0.717) is 18.7 Å². The summed E-state index contributed by atoms with van der Waals surface area (Å²) in [6.07, 6.45) is 1.15. The molecule has 1 aliphatic rings. The highest BCUT2D eigenvalue weighted by molar-refractivity contribution is 6.11. The van der Waals surface area contributed by atoms with Crippen molar-refractivity contribution in [1.82, 2.24) is 0 Å². The summed E-state index contributed by atoms with van der Waals surface area (Å²) in [4.78, 5) is 36.0. The van der Waals surface area contributed by atoms with Crippen molar-refractivity contribution in [3.8, 4) is 0 Å². The topological polar surface area (TPSA) is 92.5 Å². The number of anilines is 2. The molecule has 0 radical (unpaired) electrons. The van der Waals surface area contributed by atoms with Crippen LogP contribution in [-0.4, -0.2) is 23.3 Å². The number of rotatable bonds is 4. The average molecular weight is 343 g/mol. The molecule has 0 saturated carbocycles. The highest BCUT2D eigenvalue weighted by Gasteiger charge is 2.26. The van der Waals surface area contributed by atoms with Crippen LogP contribution in [-0.2, 0) is 4.79 Å². The van der Waals surface area contributed by atoms with Gasteiger partial charge >= 0.3 is 5.69 Å². The molecule has 25 heavy (non-hydrogen) atoms. The van der Waals surface area contributed by atoms with Gasteiger partial charge in [-0.25, -0.2) is 0 Å². The lowest BCUT2D eigenvalue weighted by Gasteiger charge is -2.19. The fourth-order valence-corrected chi connectivity index (χ4v) is 2.73. The first-order chi connectivity index (χ1) is 12.0. The Kier molecular flexibility index (Phi) is 4.42. The summed E-state index contributed by atoms with van der Waals surface area (Å²) in [6.45, 7) is 0.533. The summed E-state index contributed by atoms with van der Waals surface area (Å²) in [5, 5.41) is 13.3. The van der Waals surface area contributed by atoms with Crippen LogP contribution in [0.5, 0.6) is 0 Å². The third-order valence-electron chi connectivity index (χ3n) is 3.91. The summed E-state index contributed by atoms with van der Waals surface area (Å²) in [5.74, 6) is -1.57. The van der Waals surface area contributed by atoms with Gasteiger partial charge in [0, 0.05) is 24.7 Å². The number of hydrogen-bond acceptors (Lipinski definition) is 4. The molecule has 7 nitrogen and oxygen atoms in total. The zero-order valence-electron chi connectivity index (χ0n) is 13.1. The second-order valence-corrected chi connectivity index (χ2v) is 5.54. The molecule has 1 saturated heterocycles. The third kappa shape index (κ3) is 3.32. The van der Waals surface area contributed by atoms with E-state index < -0.39 is 22.3 Å². The minimum atomic E-state index is -0.980. The molecular weight excluding hydrogens is 329 g/mol. The minimum absolute atomic E-state index is 0.0577. The number of hydrogen-bond donors (Lipinski definition) is 1. The van der Waals surface area contributed by atoms with E-state index in [0.717, 1.165) is 18.6 Å². The van der Waals surface area contributed by atoms with Gasteiger partial charge in [-0.05, 0) is 30.7 Å². The number of para-hydroxylation sites is 1. The van der Waals surface area contributed by atoms with Crippen molar-refractivity contribution >= 4 is 28.9 Å². The molecule has 2 aromatic rings. The number of carbonyl (C=O) groups excluding carboxylic acids is 2. The normalized spacial score (nSPS) is 13.8. The molecule has 0 spiro atoms. The summed E-state index contributed by atoms with van der Waals surface area (Å²) < 4.78 is 13.4. The van der Waals surface area contributed by atoms with Gasteiger partial charge in [0.1, 0.15) is 0 Å². The predicted molar refractivity (Wildman–Crippen MR) is 89.0 cm³/mol. The molecule has 1 fully saturated rings. The molecule has 1 N–H and O–H groups in total. The Morgan fingerprint density at radius 3 is 2.68 bits per heavy atom. The summed E-state index contributed by atoms with van der Waals surface area (Å²) >= 11 is 0. The number of amides is 2. The van der Waals surface area contributed by atoms with Crippen molar-refractivity contribution in [3.63, 3.8) is 0 Å². The molecule has 1 heterocycles. The first-order valence-corrected chi connectivity index (χ1v) is 7.62. The Hall–Kier alpha value is -3.29. The Morgan fingerprint density at radius 2 is 2.00 bits per heavy atom. The molecule has 0 aromatic heterocycles. The van der Waals surface area contributed by atoms with E-state index in [-0.39, 0.29) is 17.2 Å². The second-order valence-electron chi connectivity index (χ2n) is 5.54. The molecular formula is C17H14FN3O4. The van der Waals surface area contributed by atoms with Gasteiger partial charge < -0.3 is 10.2 Å². The van der Waals surface area contributed by atoms with Crippen molar-refractivity contribution < 1.29 is 18.9 Å². The van der Waals surface area contributed by atoms with Gasteiger partial charge in [0.25, 0.3) is 5.91 Å². The quantitative estimate of drug-likeness (QED) is 0.682.